The first-order valence-electron chi connectivity index (χ1n) is 4.99. The Morgan fingerprint density at radius 1 is 1.29 bits per heavy atom. The normalized spacial score (nSPS) is 10.1. The second-order valence-corrected chi connectivity index (χ2v) is 3.22. The minimum atomic E-state index is -1.23. The van der Waals surface area contributed by atoms with Crippen molar-refractivity contribution in [2.75, 3.05) is 6.61 Å². The lowest BCUT2D eigenvalue weighted by Crippen LogP contribution is -2.01. The summed E-state index contributed by atoms with van der Waals surface area (Å²) in [5, 5.41) is 15.5. The molecule has 0 spiro atoms. The summed E-state index contributed by atoms with van der Waals surface area (Å²) in [6.45, 7) is 0.352. The fourth-order valence-corrected chi connectivity index (χ4v) is 1.21. The van der Waals surface area contributed by atoms with Crippen molar-refractivity contribution < 1.29 is 19.1 Å². The van der Waals surface area contributed by atoms with Gasteiger partial charge in [0, 0.05) is 0 Å². The first-order valence-corrected chi connectivity index (χ1v) is 4.99. The van der Waals surface area contributed by atoms with E-state index in [0.29, 0.717) is 13.0 Å². The van der Waals surface area contributed by atoms with E-state index in [-0.39, 0.29) is 5.89 Å². The number of carboxylic acids is 1. The Labute approximate surface area is 96.9 Å². The fourth-order valence-electron chi connectivity index (χ4n) is 1.21. The van der Waals surface area contributed by atoms with Crippen LogP contribution in [0.4, 0.5) is 0 Å². The van der Waals surface area contributed by atoms with Gasteiger partial charge in [-0.2, -0.15) is 0 Å². The van der Waals surface area contributed by atoms with Gasteiger partial charge in [0.05, 0.1) is 13.0 Å². The molecule has 1 aromatic heterocycles. The smallest absolute Gasteiger partial charge is 0.393 e. The molecule has 0 aliphatic rings. The lowest BCUT2D eigenvalue weighted by Gasteiger charge is -2.02. The van der Waals surface area contributed by atoms with E-state index in [4.69, 9.17) is 14.3 Å². The van der Waals surface area contributed by atoms with Gasteiger partial charge in [0.2, 0.25) is 5.89 Å². The van der Waals surface area contributed by atoms with Gasteiger partial charge in [0.15, 0.2) is 0 Å². The molecule has 88 valence electrons. The average molecular weight is 234 g/mol. The van der Waals surface area contributed by atoms with Crippen LogP contribution in [0.5, 0.6) is 5.75 Å². The maximum absolute atomic E-state index is 10.5. The average Bonchev–Trinajstić information content (AvgIpc) is 2.79. The van der Waals surface area contributed by atoms with Crippen molar-refractivity contribution in [3.05, 3.63) is 42.1 Å². The summed E-state index contributed by atoms with van der Waals surface area (Å²) < 4.78 is 10.3. The molecule has 1 heterocycles. The maximum Gasteiger partial charge on any atom is 0.393 e. The number of aromatic nitrogens is 2. The lowest BCUT2D eigenvalue weighted by atomic mass is 10.3. The van der Waals surface area contributed by atoms with Crippen LogP contribution in [0.1, 0.15) is 16.6 Å². The third-order valence-corrected chi connectivity index (χ3v) is 1.98. The number of hydrogen-bond acceptors (Lipinski definition) is 5. The van der Waals surface area contributed by atoms with Gasteiger partial charge in [-0.25, -0.2) is 4.79 Å². The molecule has 0 saturated heterocycles. The van der Waals surface area contributed by atoms with Crippen LogP contribution in [0.3, 0.4) is 0 Å². The highest BCUT2D eigenvalue weighted by molar-refractivity contribution is 5.81. The Morgan fingerprint density at radius 3 is 2.71 bits per heavy atom. The van der Waals surface area contributed by atoms with Crippen LogP contribution in [-0.4, -0.2) is 27.9 Å². The molecule has 0 fully saturated rings. The van der Waals surface area contributed by atoms with E-state index in [1.165, 1.54) is 0 Å². The van der Waals surface area contributed by atoms with E-state index in [1.54, 1.807) is 0 Å². The van der Waals surface area contributed by atoms with Crippen LogP contribution in [0.2, 0.25) is 0 Å². The molecule has 0 saturated carbocycles. The monoisotopic (exact) mass is 234 g/mol. The summed E-state index contributed by atoms with van der Waals surface area (Å²) in [7, 11) is 0. The third-order valence-electron chi connectivity index (χ3n) is 1.98. The lowest BCUT2D eigenvalue weighted by molar-refractivity contribution is 0.0651. The molecule has 0 bridgehead atoms. The zero-order valence-electron chi connectivity index (χ0n) is 8.87. The van der Waals surface area contributed by atoms with Crippen molar-refractivity contribution in [1.29, 1.82) is 0 Å². The predicted molar refractivity (Wildman–Crippen MR) is 56.9 cm³/mol. The van der Waals surface area contributed by atoms with Gasteiger partial charge < -0.3 is 14.3 Å². The summed E-state index contributed by atoms with van der Waals surface area (Å²) in [5.41, 5.74) is 0. The molecular weight excluding hydrogens is 224 g/mol. The Balaban J connectivity index is 1.84. The number of hydrogen-bond donors (Lipinski definition) is 1. The summed E-state index contributed by atoms with van der Waals surface area (Å²) in [5.74, 6) is -0.642. The van der Waals surface area contributed by atoms with Crippen molar-refractivity contribution in [2.24, 2.45) is 0 Å². The molecule has 0 aliphatic carbocycles. The molecule has 6 heteroatoms. The number of carboxylic acid groups (broad SMARTS) is 1. The molecule has 17 heavy (non-hydrogen) atoms. The number of para-hydroxylation sites is 1. The minimum absolute atomic E-state index is 0.248. The Kier molecular flexibility index (Phi) is 3.34. The number of aromatic carboxylic acids is 1. The molecule has 1 N–H and O–H groups in total. The van der Waals surface area contributed by atoms with Gasteiger partial charge in [-0.05, 0) is 12.1 Å². The summed E-state index contributed by atoms with van der Waals surface area (Å²) in [4.78, 5) is 10.5. The third kappa shape index (κ3) is 3.04. The van der Waals surface area contributed by atoms with E-state index in [2.05, 4.69) is 10.2 Å². The number of ether oxygens (including phenoxy) is 1. The first-order chi connectivity index (χ1) is 8.25. The molecule has 1 aromatic carbocycles. The van der Waals surface area contributed by atoms with E-state index >= 15 is 0 Å². The molecule has 0 radical (unpaired) electrons. The van der Waals surface area contributed by atoms with Gasteiger partial charge in [0.1, 0.15) is 5.75 Å². The van der Waals surface area contributed by atoms with Crippen LogP contribution >= 0.6 is 0 Å². The van der Waals surface area contributed by atoms with E-state index < -0.39 is 11.9 Å². The van der Waals surface area contributed by atoms with Crippen LogP contribution in [-0.2, 0) is 6.42 Å². The second kappa shape index (κ2) is 5.11. The van der Waals surface area contributed by atoms with Crippen molar-refractivity contribution in [1.82, 2.24) is 10.2 Å². The van der Waals surface area contributed by atoms with E-state index in [1.807, 2.05) is 30.3 Å². The highest BCUT2D eigenvalue weighted by Gasteiger charge is 2.12. The van der Waals surface area contributed by atoms with Gasteiger partial charge in [0.25, 0.3) is 0 Å². The summed E-state index contributed by atoms with van der Waals surface area (Å²) in [6, 6.07) is 9.28. The minimum Gasteiger partial charge on any atom is -0.493 e. The number of benzene rings is 1. The first kappa shape index (κ1) is 11.1. The second-order valence-electron chi connectivity index (χ2n) is 3.22. The largest absolute Gasteiger partial charge is 0.493 e. The SMILES string of the molecule is O=C(O)c1nnc(CCOc2ccccc2)o1. The summed E-state index contributed by atoms with van der Waals surface area (Å²) >= 11 is 0. The van der Waals surface area contributed by atoms with E-state index in [0.717, 1.165) is 5.75 Å². The number of nitrogens with zero attached hydrogens (tertiary/aromatic N) is 2. The van der Waals surface area contributed by atoms with Crippen LogP contribution < -0.4 is 4.74 Å². The molecule has 2 aromatic rings. The molecule has 0 aliphatic heterocycles. The predicted octanol–water partition coefficient (Wildman–Crippen LogP) is 1.39. The van der Waals surface area contributed by atoms with Crippen molar-refractivity contribution in [2.45, 2.75) is 6.42 Å². The fraction of sp³-hybridized carbons (Fsp3) is 0.182. The highest BCUT2D eigenvalue weighted by Crippen LogP contribution is 2.09. The number of rotatable bonds is 5. The Hall–Kier alpha value is -2.37. The number of carbonyl (C=O) groups is 1. The van der Waals surface area contributed by atoms with Gasteiger partial charge in [-0.3, -0.25) is 0 Å². The molecule has 0 amide bonds. The van der Waals surface area contributed by atoms with E-state index in [9.17, 15) is 4.79 Å². The summed E-state index contributed by atoms with van der Waals surface area (Å²) in [6.07, 6.45) is 0.370. The van der Waals surface area contributed by atoms with Crippen molar-refractivity contribution >= 4 is 5.97 Å². The maximum atomic E-state index is 10.5. The molecule has 0 unspecified atom stereocenters. The van der Waals surface area contributed by atoms with Crippen molar-refractivity contribution in [3.63, 3.8) is 0 Å². The standard InChI is InChI=1S/C11H10N2O4/c14-11(15)10-13-12-9(17-10)6-7-16-8-4-2-1-3-5-8/h1-5H,6-7H2,(H,14,15). The van der Waals surface area contributed by atoms with Gasteiger partial charge in [-0.1, -0.05) is 18.2 Å². The molecule has 6 nitrogen and oxygen atoms in total. The zero-order chi connectivity index (χ0) is 12.1. The van der Waals surface area contributed by atoms with Gasteiger partial charge >= 0.3 is 11.9 Å². The zero-order valence-corrected chi connectivity index (χ0v) is 8.87. The van der Waals surface area contributed by atoms with Gasteiger partial charge in [-0.15, -0.1) is 10.2 Å². The highest BCUT2D eigenvalue weighted by atomic mass is 16.5. The van der Waals surface area contributed by atoms with Crippen LogP contribution in [0.25, 0.3) is 0 Å². The molecular formula is C11H10N2O4. The van der Waals surface area contributed by atoms with Crippen molar-refractivity contribution in [3.8, 4) is 5.75 Å². The Morgan fingerprint density at radius 2 is 2.06 bits per heavy atom. The van der Waals surface area contributed by atoms with Crippen LogP contribution in [0, 0.1) is 0 Å². The topological polar surface area (TPSA) is 85.5 Å². The Bertz CT molecular complexity index is 495. The molecule has 2 rings (SSSR count). The molecule has 0 atom stereocenters. The van der Waals surface area contributed by atoms with Crippen LogP contribution in [0.15, 0.2) is 34.7 Å². The quantitative estimate of drug-likeness (QED) is 0.841.